The van der Waals surface area contributed by atoms with Crippen LogP contribution in [0.2, 0.25) is 0 Å². The number of ether oxygens (including phenoxy) is 2. The summed E-state index contributed by atoms with van der Waals surface area (Å²) in [6.45, 7) is 4.04. The summed E-state index contributed by atoms with van der Waals surface area (Å²) in [4.78, 5) is 22.1. The van der Waals surface area contributed by atoms with Crippen molar-refractivity contribution in [3.63, 3.8) is 0 Å². The van der Waals surface area contributed by atoms with Gasteiger partial charge in [0.1, 0.15) is 11.5 Å². The van der Waals surface area contributed by atoms with Crippen LogP contribution in [0, 0.1) is 6.92 Å². The first-order valence-corrected chi connectivity index (χ1v) is 5.10. The first-order chi connectivity index (χ1) is 8.01. The maximum Gasteiger partial charge on any atom is 0.377 e. The minimum atomic E-state index is -1.52. The summed E-state index contributed by atoms with van der Waals surface area (Å²) in [5, 5.41) is 8.70. The highest BCUT2D eigenvalue weighted by atomic mass is 16.5. The molecule has 0 saturated heterocycles. The lowest BCUT2D eigenvalue weighted by molar-refractivity contribution is -0.131. The van der Waals surface area contributed by atoms with E-state index in [2.05, 4.69) is 0 Å². The van der Waals surface area contributed by atoms with Crippen molar-refractivity contribution in [1.82, 2.24) is 0 Å². The second-order valence-corrected chi connectivity index (χ2v) is 3.39. The number of carboxylic acid groups (broad SMARTS) is 1. The summed E-state index contributed by atoms with van der Waals surface area (Å²) in [7, 11) is 1.38. The highest BCUT2D eigenvalue weighted by molar-refractivity contribution is 6.40. The largest absolute Gasteiger partial charge is 0.496 e. The molecule has 1 N–H and O–H groups in total. The number of carbonyl (C=O) groups excluding carboxylic acids is 1. The summed E-state index contributed by atoms with van der Waals surface area (Å²) >= 11 is 0. The van der Waals surface area contributed by atoms with Crippen molar-refractivity contribution in [3.05, 3.63) is 23.3 Å². The lowest BCUT2D eigenvalue weighted by Crippen LogP contribution is -2.14. The molecular formula is C12H14O5. The third-order valence-corrected chi connectivity index (χ3v) is 2.24. The van der Waals surface area contributed by atoms with Gasteiger partial charge in [0.2, 0.25) is 0 Å². The fourth-order valence-electron chi connectivity index (χ4n) is 1.43. The van der Waals surface area contributed by atoms with Crippen LogP contribution in [0.1, 0.15) is 22.8 Å². The molecule has 5 heteroatoms. The number of carbonyl (C=O) groups is 2. The van der Waals surface area contributed by atoms with Crippen LogP contribution < -0.4 is 9.47 Å². The molecule has 0 aliphatic rings. The van der Waals surface area contributed by atoms with Crippen molar-refractivity contribution in [2.75, 3.05) is 13.7 Å². The molecule has 0 aliphatic heterocycles. The van der Waals surface area contributed by atoms with E-state index in [4.69, 9.17) is 14.6 Å². The van der Waals surface area contributed by atoms with Crippen LogP contribution in [0.15, 0.2) is 12.1 Å². The van der Waals surface area contributed by atoms with Crippen molar-refractivity contribution >= 4 is 11.8 Å². The SMILES string of the molecule is CCOc1cc(C(=O)C(=O)O)c(OC)cc1C. The number of ketones is 1. The topological polar surface area (TPSA) is 72.8 Å². The second-order valence-electron chi connectivity index (χ2n) is 3.39. The van der Waals surface area contributed by atoms with E-state index >= 15 is 0 Å². The van der Waals surface area contributed by atoms with Gasteiger partial charge in [0, 0.05) is 0 Å². The van der Waals surface area contributed by atoms with Gasteiger partial charge in [-0.2, -0.15) is 0 Å². The minimum Gasteiger partial charge on any atom is -0.496 e. The number of Topliss-reactive ketones (excluding diaryl/α,β-unsaturated/α-hetero) is 1. The van der Waals surface area contributed by atoms with E-state index < -0.39 is 11.8 Å². The van der Waals surface area contributed by atoms with Crippen LogP contribution in [0.25, 0.3) is 0 Å². The Morgan fingerprint density at radius 2 is 1.94 bits per heavy atom. The summed E-state index contributed by atoms with van der Waals surface area (Å²) in [5.41, 5.74) is 0.777. The molecule has 0 radical (unpaired) electrons. The third-order valence-electron chi connectivity index (χ3n) is 2.24. The Hall–Kier alpha value is -2.04. The molecule has 1 aromatic rings. The number of rotatable bonds is 5. The van der Waals surface area contributed by atoms with Crippen molar-refractivity contribution in [2.24, 2.45) is 0 Å². The van der Waals surface area contributed by atoms with E-state index in [1.165, 1.54) is 13.2 Å². The molecule has 92 valence electrons. The minimum absolute atomic E-state index is 0.00551. The predicted octanol–water partition coefficient (Wildman–Crippen LogP) is 1.67. The number of methoxy groups -OCH3 is 1. The molecule has 0 spiro atoms. The van der Waals surface area contributed by atoms with Gasteiger partial charge >= 0.3 is 5.97 Å². The molecule has 0 aliphatic carbocycles. The molecule has 0 unspecified atom stereocenters. The highest BCUT2D eigenvalue weighted by Gasteiger charge is 2.21. The summed E-state index contributed by atoms with van der Waals surface area (Å²) in [6.07, 6.45) is 0. The average Bonchev–Trinajstić information content (AvgIpc) is 2.30. The molecule has 0 atom stereocenters. The van der Waals surface area contributed by atoms with Crippen molar-refractivity contribution < 1.29 is 24.2 Å². The third kappa shape index (κ3) is 2.75. The van der Waals surface area contributed by atoms with E-state index in [1.807, 2.05) is 6.92 Å². The number of aryl methyl sites for hydroxylation is 1. The van der Waals surface area contributed by atoms with E-state index in [0.717, 1.165) is 5.56 Å². The van der Waals surface area contributed by atoms with Gasteiger partial charge in [0.15, 0.2) is 0 Å². The maximum atomic E-state index is 11.5. The van der Waals surface area contributed by atoms with Gasteiger partial charge in [-0.1, -0.05) is 0 Å². The van der Waals surface area contributed by atoms with Crippen LogP contribution in [0.4, 0.5) is 0 Å². The number of aliphatic carboxylic acids is 1. The quantitative estimate of drug-likeness (QED) is 0.624. The first kappa shape index (κ1) is 13.0. The van der Waals surface area contributed by atoms with Gasteiger partial charge in [-0.15, -0.1) is 0 Å². The normalized spacial score (nSPS) is 9.82. The molecule has 0 aromatic heterocycles. The van der Waals surface area contributed by atoms with Crippen LogP contribution in [-0.4, -0.2) is 30.6 Å². The average molecular weight is 238 g/mol. The van der Waals surface area contributed by atoms with Gasteiger partial charge in [0.25, 0.3) is 5.78 Å². The van der Waals surface area contributed by atoms with E-state index in [1.54, 1.807) is 13.0 Å². The summed E-state index contributed by atoms with van der Waals surface area (Å²) in [6, 6.07) is 2.98. The summed E-state index contributed by atoms with van der Waals surface area (Å²) < 4.78 is 10.3. The van der Waals surface area contributed by atoms with Crippen molar-refractivity contribution in [1.29, 1.82) is 0 Å². The monoisotopic (exact) mass is 238 g/mol. The Balaban J connectivity index is 3.30. The Morgan fingerprint density at radius 3 is 2.41 bits per heavy atom. The molecule has 0 bridgehead atoms. The lowest BCUT2D eigenvalue weighted by atomic mass is 10.1. The number of hydrogen-bond donors (Lipinski definition) is 1. The number of carboxylic acids is 1. The molecule has 0 amide bonds. The van der Waals surface area contributed by atoms with Gasteiger partial charge in [0.05, 0.1) is 19.3 Å². The lowest BCUT2D eigenvalue weighted by Gasteiger charge is -2.12. The van der Waals surface area contributed by atoms with E-state index in [0.29, 0.717) is 12.4 Å². The predicted molar refractivity (Wildman–Crippen MR) is 60.9 cm³/mol. The first-order valence-electron chi connectivity index (χ1n) is 5.10. The zero-order chi connectivity index (χ0) is 13.0. The molecule has 1 rings (SSSR count). The Labute approximate surface area is 99.0 Å². The van der Waals surface area contributed by atoms with Crippen molar-refractivity contribution in [2.45, 2.75) is 13.8 Å². The maximum absolute atomic E-state index is 11.5. The molecular weight excluding hydrogens is 224 g/mol. The van der Waals surface area contributed by atoms with Crippen molar-refractivity contribution in [3.8, 4) is 11.5 Å². The molecule has 17 heavy (non-hydrogen) atoms. The Kier molecular flexibility index (Phi) is 4.09. The van der Waals surface area contributed by atoms with E-state index in [-0.39, 0.29) is 11.3 Å². The number of benzene rings is 1. The van der Waals surface area contributed by atoms with Crippen LogP contribution >= 0.6 is 0 Å². The fraction of sp³-hybridized carbons (Fsp3) is 0.333. The zero-order valence-corrected chi connectivity index (χ0v) is 9.94. The number of hydrogen-bond acceptors (Lipinski definition) is 4. The molecule has 0 fully saturated rings. The zero-order valence-electron chi connectivity index (χ0n) is 9.94. The van der Waals surface area contributed by atoms with Gasteiger partial charge in [-0.25, -0.2) is 4.79 Å². The second kappa shape index (κ2) is 5.34. The Morgan fingerprint density at radius 1 is 1.29 bits per heavy atom. The van der Waals surface area contributed by atoms with Gasteiger partial charge < -0.3 is 14.6 Å². The van der Waals surface area contributed by atoms with Gasteiger partial charge in [-0.3, -0.25) is 4.79 Å². The standard InChI is InChI=1S/C12H14O5/c1-4-17-9-6-8(11(13)12(14)15)10(16-3)5-7(9)2/h5-6H,4H2,1-3H3,(H,14,15). The fourth-order valence-corrected chi connectivity index (χ4v) is 1.43. The van der Waals surface area contributed by atoms with Crippen LogP contribution in [0.3, 0.4) is 0 Å². The molecule has 0 heterocycles. The smallest absolute Gasteiger partial charge is 0.377 e. The van der Waals surface area contributed by atoms with Crippen LogP contribution in [0.5, 0.6) is 11.5 Å². The summed E-state index contributed by atoms with van der Waals surface area (Å²) in [5.74, 6) is -1.81. The van der Waals surface area contributed by atoms with E-state index in [9.17, 15) is 9.59 Å². The molecule has 5 nitrogen and oxygen atoms in total. The van der Waals surface area contributed by atoms with Gasteiger partial charge in [-0.05, 0) is 31.5 Å². The molecule has 1 aromatic carbocycles. The molecule has 0 saturated carbocycles. The highest BCUT2D eigenvalue weighted by Crippen LogP contribution is 2.28. The van der Waals surface area contributed by atoms with Crippen LogP contribution in [-0.2, 0) is 4.79 Å². The Bertz CT molecular complexity index is 450.